The maximum atomic E-state index is 13.1. The van der Waals surface area contributed by atoms with E-state index in [0.29, 0.717) is 50.5 Å². The minimum absolute atomic E-state index is 0.138. The van der Waals surface area contributed by atoms with Crippen molar-refractivity contribution in [2.45, 2.75) is 24.8 Å². The molecule has 2 N–H and O–H groups in total. The summed E-state index contributed by atoms with van der Waals surface area (Å²) in [6, 6.07) is 19.0. The Morgan fingerprint density at radius 1 is 1.06 bits per heavy atom. The van der Waals surface area contributed by atoms with Gasteiger partial charge in [0.05, 0.1) is 11.9 Å². The molecule has 0 unspecified atom stereocenters. The average Bonchev–Trinajstić information content (AvgIpc) is 3.44. The van der Waals surface area contributed by atoms with Gasteiger partial charge >= 0.3 is 0 Å². The van der Waals surface area contributed by atoms with Crippen LogP contribution in [0.25, 0.3) is 11.3 Å². The van der Waals surface area contributed by atoms with Crippen molar-refractivity contribution >= 4 is 21.6 Å². The van der Waals surface area contributed by atoms with Gasteiger partial charge in [-0.25, -0.2) is 8.42 Å². The van der Waals surface area contributed by atoms with E-state index in [9.17, 15) is 13.2 Å². The Hall–Kier alpha value is -3.10. The van der Waals surface area contributed by atoms with Gasteiger partial charge in [0.25, 0.3) is 5.91 Å². The smallest absolute Gasteiger partial charge is 0.289 e. The second-order valence-electron chi connectivity index (χ2n) is 8.93. The average molecular weight is 466 g/mol. The van der Waals surface area contributed by atoms with Crippen LogP contribution in [0.1, 0.15) is 34.5 Å². The Kier molecular flexibility index (Phi) is 5.29. The molecule has 2 aromatic carbocycles. The van der Waals surface area contributed by atoms with E-state index < -0.39 is 10.0 Å². The topological polar surface area (TPSA) is 96.9 Å². The predicted octanol–water partition coefficient (Wildman–Crippen LogP) is 3.36. The van der Waals surface area contributed by atoms with Gasteiger partial charge in [-0.2, -0.15) is 0 Å². The number of piperidine rings is 1. The van der Waals surface area contributed by atoms with Crippen molar-refractivity contribution in [1.82, 2.24) is 4.90 Å². The number of carbonyl (C=O) groups is 1. The number of amides is 1. The SMILES string of the molecule is CS(=O)(=O)N1CC2(CCN(C(=O)c3ccc(-c4ccccc4)o3)CC2)c2cc(CN)ccc21. The fourth-order valence-corrected chi connectivity index (χ4v) is 6.02. The lowest BCUT2D eigenvalue weighted by atomic mass is 9.74. The Morgan fingerprint density at radius 3 is 2.45 bits per heavy atom. The molecule has 0 atom stereocenters. The van der Waals surface area contributed by atoms with E-state index in [-0.39, 0.29) is 11.3 Å². The summed E-state index contributed by atoms with van der Waals surface area (Å²) < 4.78 is 32.3. The first-order valence-corrected chi connectivity index (χ1v) is 12.9. The minimum Gasteiger partial charge on any atom is -0.451 e. The zero-order valence-electron chi connectivity index (χ0n) is 18.5. The second kappa shape index (κ2) is 8.04. The van der Waals surface area contributed by atoms with Crippen LogP contribution in [0.15, 0.2) is 65.1 Å². The van der Waals surface area contributed by atoms with Gasteiger partial charge in [-0.3, -0.25) is 9.10 Å². The number of rotatable bonds is 4. The number of fused-ring (bicyclic) bond motifs is 2. The molecule has 33 heavy (non-hydrogen) atoms. The van der Waals surface area contributed by atoms with E-state index in [1.165, 1.54) is 10.6 Å². The molecule has 1 fully saturated rings. The molecular weight excluding hydrogens is 438 g/mol. The first-order valence-electron chi connectivity index (χ1n) is 11.1. The molecule has 1 amide bonds. The first kappa shape index (κ1) is 21.7. The van der Waals surface area contributed by atoms with Crippen LogP contribution in [0.2, 0.25) is 0 Å². The quantitative estimate of drug-likeness (QED) is 0.637. The van der Waals surface area contributed by atoms with Crippen molar-refractivity contribution in [3.8, 4) is 11.3 Å². The summed E-state index contributed by atoms with van der Waals surface area (Å²) in [5, 5.41) is 0. The molecule has 0 bridgehead atoms. The van der Waals surface area contributed by atoms with Crippen molar-refractivity contribution in [3.63, 3.8) is 0 Å². The molecule has 0 aliphatic carbocycles. The molecule has 3 heterocycles. The zero-order chi connectivity index (χ0) is 23.2. The van der Waals surface area contributed by atoms with Gasteiger partial charge in [0.15, 0.2) is 5.76 Å². The number of furan rings is 1. The molecule has 8 heteroatoms. The molecule has 1 spiro atoms. The standard InChI is InChI=1S/C25H27N3O4S/c1-33(30,31)28-17-25(20-15-18(16-26)7-8-21(20)28)11-13-27(14-12-25)24(29)23-10-9-22(32-23)19-5-3-2-4-6-19/h2-10,15H,11-14,16-17,26H2,1H3. The Morgan fingerprint density at radius 2 is 1.79 bits per heavy atom. The fraction of sp³-hybridized carbons (Fsp3) is 0.320. The third kappa shape index (κ3) is 3.83. The van der Waals surface area contributed by atoms with Gasteiger partial charge in [-0.1, -0.05) is 42.5 Å². The maximum Gasteiger partial charge on any atom is 0.289 e. The Bertz CT molecular complexity index is 1290. The highest BCUT2D eigenvalue weighted by atomic mass is 32.2. The number of benzene rings is 2. The van der Waals surface area contributed by atoms with E-state index in [1.807, 2.05) is 54.6 Å². The van der Waals surface area contributed by atoms with E-state index in [2.05, 4.69) is 0 Å². The van der Waals surface area contributed by atoms with Crippen molar-refractivity contribution in [2.75, 3.05) is 30.2 Å². The van der Waals surface area contributed by atoms with E-state index in [0.717, 1.165) is 22.4 Å². The highest BCUT2D eigenvalue weighted by molar-refractivity contribution is 7.92. The summed E-state index contributed by atoms with van der Waals surface area (Å²) in [5.74, 6) is 0.844. The van der Waals surface area contributed by atoms with Crippen LogP contribution >= 0.6 is 0 Å². The zero-order valence-corrected chi connectivity index (χ0v) is 19.3. The van der Waals surface area contributed by atoms with Crippen LogP contribution in [-0.2, 0) is 22.0 Å². The molecule has 2 aliphatic heterocycles. The predicted molar refractivity (Wildman–Crippen MR) is 127 cm³/mol. The minimum atomic E-state index is -3.40. The number of hydrogen-bond acceptors (Lipinski definition) is 5. The molecule has 0 saturated carbocycles. The summed E-state index contributed by atoms with van der Waals surface area (Å²) in [5.41, 5.74) is 9.19. The van der Waals surface area contributed by atoms with Crippen molar-refractivity contribution < 1.29 is 17.6 Å². The number of carbonyl (C=O) groups excluding carboxylic acids is 1. The van der Waals surface area contributed by atoms with Gasteiger partial charge in [0.1, 0.15) is 5.76 Å². The Labute approximate surface area is 193 Å². The summed E-state index contributed by atoms with van der Waals surface area (Å²) in [4.78, 5) is 14.9. The van der Waals surface area contributed by atoms with E-state index >= 15 is 0 Å². The largest absolute Gasteiger partial charge is 0.451 e. The normalized spacial score (nSPS) is 17.4. The third-order valence-corrected chi connectivity index (χ3v) is 7.99. The van der Waals surface area contributed by atoms with Crippen LogP contribution in [0.3, 0.4) is 0 Å². The molecule has 1 aromatic heterocycles. The summed E-state index contributed by atoms with van der Waals surface area (Å²) in [6.07, 6.45) is 2.60. The summed E-state index contributed by atoms with van der Waals surface area (Å²) >= 11 is 0. The lowest BCUT2D eigenvalue weighted by Crippen LogP contribution is -2.47. The number of sulfonamides is 1. The van der Waals surface area contributed by atoms with Crippen molar-refractivity contribution in [2.24, 2.45) is 5.73 Å². The molecule has 3 aromatic rings. The first-order chi connectivity index (χ1) is 15.8. The molecule has 2 aliphatic rings. The van der Waals surface area contributed by atoms with Crippen LogP contribution < -0.4 is 10.0 Å². The highest BCUT2D eigenvalue weighted by Crippen LogP contribution is 2.48. The van der Waals surface area contributed by atoms with Crippen LogP contribution in [0.4, 0.5) is 5.69 Å². The monoisotopic (exact) mass is 465 g/mol. The van der Waals surface area contributed by atoms with Crippen LogP contribution in [0, 0.1) is 0 Å². The highest BCUT2D eigenvalue weighted by Gasteiger charge is 2.47. The third-order valence-electron chi connectivity index (χ3n) is 6.87. The summed E-state index contributed by atoms with van der Waals surface area (Å²) in [7, 11) is -3.40. The van der Waals surface area contributed by atoms with Gasteiger partial charge in [0, 0.05) is 37.2 Å². The summed E-state index contributed by atoms with van der Waals surface area (Å²) in [6.45, 7) is 1.86. The lowest BCUT2D eigenvalue weighted by Gasteiger charge is -2.39. The van der Waals surface area contributed by atoms with Crippen LogP contribution in [0.5, 0.6) is 0 Å². The molecule has 172 valence electrons. The van der Waals surface area contributed by atoms with Crippen LogP contribution in [-0.4, -0.2) is 45.1 Å². The lowest BCUT2D eigenvalue weighted by molar-refractivity contribution is 0.0644. The number of anilines is 1. The molecule has 1 saturated heterocycles. The number of likely N-dealkylation sites (tertiary alicyclic amines) is 1. The molecule has 0 radical (unpaired) electrons. The van der Waals surface area contributed by atoms with E-state index in [1.54, 1.807) is 11.0 Å². The van der Waals surface area contributed by atoms with Crippen molar-refractivity contribution in [3.05, 3.63) is 77.6 Å². The second-order valence-corrected chi connectivity index (χ2v) is 10.8. The maximum absolute atomic E-state index is 13.1. The van der Waals surface area contributed by atoms with Gasteiger partial charge in [0.2, 0.25) is 10.0 Å². The molecular formula is C25H27N3O4S. The Balaban J connectivity index is 1.37. The number of nitrogens with two attached hydrogens (primary N) is 1. The number of nitrogens with zero attached hydrogens (tertiary/aromatic N) is 2. The van der Waals surface area contributed by atoms with Gasteiger partial charge in [-0.05, 0) is 42.2 Å². The molecule has 7 nitrogen and oxygen atoms in total. The number of hydrogen-bond donors (Lipinski definition) is 1. The fourth-order valence-electron chi connectivity index (χ4n) is 5.03. The van der Waals surface area contributed by atoms with Crippen molar-refractivity contribution in [1.29, 1.82) is 0 Å². The van der Waals surface area contributed by atoms with E-state index in [4.69, 9.17) is 10.2 Å². The van der Waals surface area contributed by atoms with Gasteiger partial charge < -0.3 is 15.1 Å². The molecule has 5 rings (SSSR count). The van der Waals surface area contributed by atoms with Gasteiger partial charge in [-0.15, -0.1) is 0 Å².